The van der Waals surface area contributed by atoms with Crippen molar-refractivity contribution in [2.75, 3.05) is 29.3 Å². The van der Waals surface area contributed by atoms with E-state index in [1.807, 2.05) is 0 Å². The summed E-state index contributed by atoms with van der Waals surface area (Å²) in [5.74, 6) is 5.78. The smallest absolute Gasteiger partial charge is 0.161 e. The highest BCUT2D eigenvalue weighted by molar-refractivity contribution is 7.90. The highest BCUT2D eigenvalue weighted by Gasteiger charge is 2.09. The van der Waals surface area contributed by atoms with E-state index in [1.165, 1.54) is 6.07 Å². The molecule has 1 heterocycles. The lowest BCUT2D eigenvalue weighted by Gasteiger charge is -2.10. The standard InChI is InChI=1S/C8H12Cl2N4O2S/c1-17(15,16)3-2-12-7-5(9)4-6(10)8(13-7)14-11/h4H,2-3,11H2,1H3,(H2,12,13,14). The van der Waals surface area contributed by atoms with E-state index >= 15 is 0 Å². The zero-order valence-electron chi connectivity index (χ0n) is 9.00. The third-order valence-electron chi connectivity index (χ3n) is 1.83. The van der Waals surface area contributed by atoms with Crippen LogP contribution in [0.3, 0.4) is 0 Å². The molecule has 1 aromatic rings. The topological polar surface area (TPSA) is 97.1 Å². The Hall–Kier alpha value is -0.760. The van der Waals surface area contributed by atoms with Crippen LogP contribution in [0.2, 0.25) is 10.0 Å². The fraction of sp³-hybridized carbons (Fsp3) is 0.375. The molecule has 0 spiro atoms. The summed E-state index contributed by atoms with van der Waals surface area (Å²) in [4.78, 5) is 4.00. The number of pyridine rings is 1. The van der Waals surface area contributed by atoms with Crippen molar-refractivity contribution in [2.24, 2.45) is 5.84 Å². The van der Waals surface area contributed by atoms with Crippen LogP contribution in [0.1, 0.15) is 0 Å². The minimum Gasteiger partial charge on any atom is -0.368 e. The van der Waals surface area contributed by atoms with E-state index in [1.54, 1.807) is 0 Å². The van der Waals surface area contributed by atoms with Gasteiger partial charge in [-0.1, -0.05) is 23.2 Å². The molecule has 0 saturated heterocycles. The summed E-state index contributed by atoms with van der Waals surface area (Å²) in [6, 6.07) is 1.47. The number of nitrogens with two attached hydrogens (primary N) is 1. The summed E-state index contributed by atoms with van der Waals surface area (Å²) in [7, 11) is -3.03. The van der Waals surface area contributed by atoms with Crippen LogP contribution in [0.15, 0.2) is 6.07 Å². The van der Waals surface area contributed by atoms with E-state index in [4.69, 9.17) is 29.0 Å². The van der Waals surface area contributed by atoms with Gasteiger partial charge < -0.3 is 10.7 Å². The fourth-order valence-electron chi connectivity index (χ4n) is 1.05. The van der Waals surface area contributed by atoms with E-state index in [9.17, 15) is 8.42 Å². The van der Waals surface area contributed by atoms with Gasteiger partial charge in [0.1, 0.15) is 15.7 Å². The molecule has 0 saturated carbocycles. The molecule has 4 N–H and O–H groups in total. The van der Waals surface area contributed by atoms with Crippen LogP contribution in [-0.2, 0) is 9.84 Å². The SMILES string of the molecule is CS(=O)(=O)CCNc1nc(NN)c(Cl)cc1Cl. The van der Waals surface area contributed by atoms with Crippen LogP contribution < -0.4 is 16.6 Å². The Bertz CT molecular complexity index is 506. The number of anilines is 2. The molecule has 0 unspecified atom stereocenters. The number of hydrogen-bond acceptors (Lipinski definition) is 6. The molecule has 0 aliphatic heterocycles. The molecule has 9 heteroatoms. The summed E-state index contributed by atoms with van der Waals surface area (Å²) in [5.41, 5.74) is 2.31. The Kier molecular flexibility index (Phi) is 4.81. The summed E-state index contributed by atoms with van der Waals surface area (Å²) in [5, 5.41) is 3.37. The van der Waals surface area contributed by atoms with Gasteiger partial charge in [-0.25, -0.2) is 19.2 Å². The van der Waals surface area contributed by atoms with Gasteiger partial charge in [-0.15, -0.1) is 0 Å². The first-order valence-corrected chi connectivity index (χ1v) is 7.39. The highest BCUT2D eigenvalue weighted by Crippen LogP contribution is 2.28. The van der Waals surface area contributed by atoms with Crippen molar-refractivity contribution in [1.82, 2.24) is 4.98 Å². The molecule has 0 aromatic carbocycles. The molecule has 6 nitrogen and oxygen atoms in total. The van der Waals surface area contributed by atoms with Crippen molar-refractivity contribution < 1.29 is 8.42 Å². The van der Waals surface area contributed by atoms with E-state index in [0.717, 1.165) is 6.26 Å². The first-order chi connectivity index (χ1) is 7.83. The second-order valence-corrected chi connectivity index (χ2v) is 6.42. The lowest BCUT2D eigenvalue weighted by atomic mass is 10.4. The summed E-state index contributed by atoms with van der Waals surface area (Å²) in [6.07, 6.45) is 1.15. The lowest BCUT2D eigenvalue weighted by Crippen LogP contribution is -2.16. The normalized spacial score (nSPS) is 11.3. The zero-order valence-corrected chi connectivity index (χ0v) is 11.3. The summed E-state index contributed by atoms with van der Waals surface area (Å²) < 4.78 is 21.9. The molecule has 0 atom stereocenters. The minimum atomic E-state index is -3.03. The maximum Gasteiger partial charge on any atom is 0.161 e. The number of aromatic nitrogens is 1. The van der Waals surface area contributed by atoms with Crippen molar-refractivity contribution in [3.63, 3.8) is 0 Å². The molecular formula is C8H12Cl2N4O2S. The Morgan fingerprint density at radius 1 is 1.35 bits per heavy atom. The first kappa shape index (κ1) is 14.3. The average molecular weight is 299 g/mol. The van der Waals surface area contributed by atoms with Gasteiger partial charge in [0.15, 0.2) is 5.82 Å². The molecule has 0 fully saturated rings. The van der Waals surface area contributed by atoms with Crippen LogP contribution in [0.5, 0.6) is 0 Å². The van der Waals surface area contributed by atoms with Crippen molar-refractivity contribution in [3.05, 3.63) is 16.1 Å². The Morgan fingerprint density at radius 2 is 1.94 bits per heavy atom. The number of hydrazine groups is 1. The monoisotopic (exact) mass is 298 g/mol. The molecule has 0 radical (unpaired) electrons. The molecular weight excluding hydrogens is 287 g/mol. The molecule has 0 bridgehead atoms. The van der Waals surface area contributed by atoms with Crippen LogP contribution in [0.25, 0.3) is 0 Å². The minimum absolute atomic E-state index is 0.0149. The molecule has 96 valence electrons. The Morgan fingerprint density at radius 3 is 2.47 bits per heavy atom. The fourth-order valence-corrected chi connectivity index (χ4v) is 2.00. The van der Waals surface area contributed by atoms with E-state index in [2.05, 4.69) is 15.7 Å². The number of nitrogens with one attached hydrogen (secondary N) is 2. The second-order valence-electron chi connectivity index (χ2n) is 3.35. The second kappa shape index (κ2) is 5.72. The van der Waals surface area contributed by atoms with Crippen molar-refractivity contribution in [1.29, 1.82) is 0 Å². The quantitative estimate of drug-likeness (QED) is 0.557. The van der Waals surface area contributed by atoms with Crippen LogP contribution >= 0.6 is 23.2 Å². The van der Waals surface area contributed by atoms with Gasteiger partial charge in [0.25, 0.3) is 0 Å². The van der Waals surface area contributed by atoms with Crippen LogP contribution in [-0.4, -0.2) is 32.0 Å². The molecule has 0 aliphatic rings. The van der Waals surface area contributed by atoms with Gasteiger partial charge >= 0.3 is 0 Å². The lowest BCUT2D eigenvalue weighted by molar-refractivity contribution is 0.602. The van der Waals surface area contributed by atoms with Gasteiger partial charge in [-0.2, -0.15) is 0 Å². The number of rotatable bonds is 5. The Labute approximate surface area is 109 Å². The predicted molar refractivity (Wildman–Crippen MR) is 70.3 cm³/mol. The van der Waals surface area contributed by atoms with Crippen LogP contribution in [0.4, 0.5) is 11.6 Å². The number of sulfone groups is 1. The van der Waals surface area contributed by atoms with Gasteiger partial charge in [0.2, 0.25) is 0 Å². The summed E-state index contributed by atoms with van der Waals surface area (Å²) >= 11 is 11.7. The molecule has 1 aromatic heterocycles. The number of nitrogen functional groups attached to an aromatic ring is 1. The largest absolute Gasteiger partial charge is 0.368 e. The average Bonchev–Trinajstić information content (AvgIpc) is 2.19. The maximum absolute atomic E-state index is 10.9. The van der Waals surface area contributed by atoms with Gasteiger partial charge in [-0.05, 0) is 6.07 Å². The van der Waals surface area contributed by atoms with Crippen molar-refractivity contribution >= 4 is 44.7 Å². The van der Waals surface area contributed by atoms with Crippen molar-refractivity contribution in [3.8, 4) is 0 Å². The van der Waals surface area contributed by atoms with E-state index in [-0.39, 0.29) is 23.1 Å². The maximum atomic E-state index is 10.9. The van der Waals surface area contributed by atoms with Crippen LogP contribution in [0, 0.1) is 0 Å². The third-order valence-corrected chi connectivity index (χ3v) is 3.35. The molecule has 17 heavy (non-hydrogen) atoms. The number of nitrogens with zero attached hydrogens (tertiary/aromatic N) is 1. The predicted octanol–water partition coefficient (Wildman–Crippen LogP) is 1.13. The third kappa shape index (κ3) is 4.55. The van der Waals surface area contributed by atoms with Gasteiger partial charge in [0.05, 0.1) is 15.8 Å². The first-order valence-electron chi connectivity index (χ1n) is 4.58. The van der Waals surface area contributed by atoms with E-state index in [0.29, 0.717) is 10.8 Å². The summed E-state index contributed by atoms with van der Waals surface area (Å²) in [6.45, 7) is 0.206. The van der Waals surface area contributed by atoms with Crippen molar-refractivity contribution in [2.45, 2.75) is 0 Å². The van der Waals surface area contributed by atoms with E-state index < -0.39 is 9.84 Å². The molecule has 0 aliphatic carbocycles. The molecule has 0 amide bonds. The number of hydrogen-bond donors (Lipinski definition) is 3. The van der Waals surface area contributed by atoms with Gasteiger partial charge in [-0.3, -0.25) is 0 Å². The number of halogens is 2. The Balaban J connectivity index is 2.77. The van der Waals surface area contributed by atoms with Gasteiger partial charge in [0, 0.05) is 12.8 Å². The highest BCUT2D eigenvalue weighted by atomic mass is 35.5. The zero-order chi connectivity index (χ0) is 13.1. The molecule has 1 rings (SSSR count).